The molecule has 0 aromatic carbocycles. The first-order valence-corrected chi connectivity index (χ1v) is 9.68. The first-order chi connectivity index (χ1) is 13.4. The zero-order valence-electron chi connectivity index (χ0n) is 17.8. The van der Waals surface area contributed by atoms with Crippen molar-refractivity contribution in [3.8, 4) is 0 Å². The van der Waals surface area contributed by atoms with Gasteiger partial charge in [-0.2, -0.15) is 0 Å². The quantitative estimate of drug-likeness (QED) is 0.247. The van der Waals surface area contributed by atoms with E-state index in [2.05, 4.69) is 18.9 Å². The lowest BCUT2D eigenvalue weighted by atomic mass is 10.1. The van der Waals surface area contributed by atoms with E-state index >= 15 is 0 Å². The molecule has 0 rings (SSSR count). The van der Waals surface area contributed by atoms with E-state index in [1.807, 2.05) is 0 Å². The van der Waals surface area contributed by atoms with Gasteiger partial charge < -0.3 is 18.9 Å². The van der Waals surface area contributed by atoms with Gasteiger partial charge in [0.2, 0.25) is 0 Å². The van der Waals surface area contributed by atoms with Crippen molar-refractivity contribution in [3.05, 3.63) is 0 Å². The molecule has 164 valence electrons. The minimum Gasteiger partial charge on any atom is -0.469 e. The zero-order chi connectivity index (χ0) is 21.6. The standard InChI is InChI=1S/C12H22O4.C8H14O4/c1-15-11(13)9-7-5-3-4-6-8-10-12(14)16-2;1-11-7(9)5-3-4-6-8(10)12-2/h3-10H2,1-2H3;3-6H2,1-2H3. The predicted octanol–water partition coefficient (Wildman–Crippen LogP) is 3.35. The molecule has 8 nitrogen and oxygen atoms in total. The van der Waals surface area contributed by atoms with Gasteiger partial charge in [-0.3, -0.25) is 19.2 Å². The number of hydrogen-bond donors (Lipinski definition) is 0. The molecule has 0 saturated carbocycles. The average molecular weight is 405 g/mol. The molecule has 0 spiro atoms. The lowest BCUT2D eigenvalue weighted by Crippen LogP contribution is -2.02. The summed E-state index contributed by atoms with van der Waals surface area (Å²) < 4.78 is 17.9. The van der Waals surface area contributed by atoms with Crippen LogP contribution in [0.5, 0.6) is 0 Å². The third-order valence-electron chi connectivity index (χ3n) is 3.93. The molecule has 0 aliphatic carbocycles. The monoisotopic (exact) mass is 404 g/mol. The first-order valence-electron chi connectivity index (χ1n) is 9.68. The maximum Gasteiger partial charge on any atom is 0.305 e. The van der Waals surface area contributed by atoms with Crippen molar-refractivity contribution in [1.82, 2.24) is 0 Å². The van der Waals surface area contributed by atoms with E-state index in [0.29, 0.717) is 38.5 Å². The van der Waals surface area contributed by atoms with Crippen molar-refractivity contribution in [1.29, 1.82) is 0 Å². The van der Waals surface area contributed by atoms with E-state index < -0.39 is 0 Å². The Morgan fingerprint density at radius 3 is 0.786 bits per heavy atom. The number of ether oxygens (including phenoxy) is 4. The fraction of sp³-hybridized carbons (Fsp3) is 0.800. The third-order valence-corrected chi connectivity index (χ3v) is 3.93. The van der Waals surface area contributed by atoms with Crippen LogP contribution < -0.4 is 0 Å². The van der Waals surface area contributed by atoms with Crippen LogP contribution in [0.25, 0.3) is 0 Å². The molecule has 0 heterocycles. The predicted molar refractivity (Wildman–Crippen MR) is 103 cm³/mol. The molecule has 28 heavy (non-hydrogen) atoms. The molecular weight excluding hydrogens is 368 g/mol. The van der Waals surface area contributed by atoms with Gasteiger partial charge >= 0.3 is 23.9 Å². The second-order valence-electron chi connectivity index (χ2n) is 6.13. The highest BCUT2D eigenvalue weighted by Gasteiger charge is 2.03. The topological polar surface area (TPSA) is 105 Å². The molecule has 0 N–H and O–H groups in total. The summed E-state index contributed by atoms with van der Waals surface area (Å²) >= 11 is 0. The smallest absolute Gasteiger partial charge is 0.305 e. The molecule has 8 heteroatoms. The Morgan fingerprint density at radius 1 is 0.393 bits per heavy atom. The van der Waals surface area contributed by atoms with Crippen molar-refractivity contribution < 1.29 is 38.1 Å². The Balaban J connectivity index is 0. The van der Waals surface area contributed by atoms with Gasteiger partial charge in [0, 0.05) is 25.7 Å². The van der Waals surface area contributed by atoms with Crippen LogP contribution in [-0.4, -0.2) is 52.3 Å². The molecule has 0 bridgehead atoms. The highest BCUT2D eigenvalue weighted by atomic mass is 16.5. The first kappa shape index (κ1) is 28.1. The fourth-order valence-electron chi connectivity index (χ4n) is 2.19. The maximum absolute atomic E-state index is 10.8. The van der Waals surface area contributed by atoms with Crippen molar-refractivity contribution in [2.45, 2.75) is 77.0 Å². The molecule has 0 radical (unpaired) electrons. The van der Waals surface area contributed by atoms with E-state index in [1.54, 1.807) is 0 Å². The molecule has 0 fully saturated rings. The van der Waals surface area contributed by atoms with Crippen LogP contribution in [0, 0.1) is 0 Å². The molecule has 0 unspecified atom stereocenters. The average Bonchev–Trinajstić information content (AvgIpc) is 2.72. The highest BCUT2D eigenvalue weighted by Crippen LogP contribution is 2.09. The second-order valence-corrected chi connectivity index (χ2v) is 6.13. The molecular formula is C20H36O8. The van der Waals surface area contributed by atoms with Gasteiger partial charge in [-0.1, -0.05) is 25.7 Å². The second kappa shape index (κ2) is 21.2. The Hall–Kier alpha value is -2.12. The van der Waals surface area contributed by atoms with Crippen LogP contribution >= 0.6 is 0 Å². The summed E-state index contributed by atoms with van der Waals surface area (Å²) in [5.41, 5.74) is 0. The minimum absolute atomic E-state index is 0.134. The lowest BCUT2D eigenvalue weighted by molar-refractivity contribution is -0.142. The Kier molecular flexibility index (Phi) is 21.3. The molecule has 0 aromatic rings. The summed E-state index contributed by atoms with van der Waals surface area (Å²) in [4.78, 5) is 42.7. The lowest BCUT2D eigenvalue weighted by Gasteiger charge is -2.01. The normalized spacial score (nSPS) is 9.57. The van der Waals surface area contributed by atoms with Crippen molar-refractivity contribution >= 4 is 23.9 Å². The molecule has 0 aliphatic rings. The number of hydrogen-bond acceptors (Lipinski definition) is 8. The Morgan fingerprint density at radius 2 is 0.571 bits per heavy atom. The van der Waals surface area contributed by atoms with E-state index in [0.717, 1.165) is 38.5 Å². The summed E-state index contributed by atoms with van der Waals surface area (Å²) in [6, 6.07) is 0. The Bertz CT molecular complexity index is 394. The molecule has 0 aromatic heterocycles. The van der Waals surface area contributed by atoms with E-state index in [1.165, 1.54) is 28.4 Å². The molecule has 0 atom stereocenters. The van der Waals surface area contributed by atoms with Gasteiger partial charge in [0.15, 0.2) is 0 Å². The van der Waals surface area contributed by atoms with Gasteiger partial charge in [0.05, 0.1) is 28.4 Å². The van der Waals surface area contributed by atoms with E-state index in [-0.39, 0.29) is 23.9 Å². The molecule has 0 saturated heterocycles. The van der Waals surface area contributed by atoms with E-state index in [4.69, 9.17) is 0 Å². The largest absolute Gasteiger partial charge is 0.469 e. The van der Waals surface area contributed by atoms with Gasteiger partial charge in [0.1, 0.15) is 0 Å². The van der Waals surface area contributed by atoms with Gasteiger partial charge in [-0.25, -0.2) is 0 Å². The SMILES string of the molecule is COC(=O)CCCCC(=O)OC.COC(=O)CCCCCCCCC(=O)OC. The number of methoxy groups -OCH3 is 4. The number of carbonyl (C=O) groups is 4. The molecule has 0 amide bonds. The molecule has 0 aliphatic heterocycles. The van der Waals surface area contributed by atoms with Crippen LogP contribution in [0.2, 0.25) is 0 Å². The number of esters is 4. The summed E-state index contributed by atoms with van der Waals surface area (Å²) in [6.07, 6.45) is 9.20. The van der Waals surface area contributed by atoms with Crippen LogP contribution in [0.4, 0.5) is 0 Å². The van der Waals surface area contributed by atoms with Gasteiger partial charge in [0.25, 0.3) is 0 Å². The van der Waals surface area contributed by atoms with Crippen LogP contribution in [-0.2, 0) is 38.1 Å². The van der Waals surface area contributed by atoms with Crippen LogP contribution in [0.1, 0.15) is 77.0 Å². The van der Waals surface area contributed by atoms with Crippen molar-refractivity contribution in [2.75, 3.05) is 28.4 Å². The van der Waals surface area contributed by atoms with Gasteiger partial charge in [-0.15, -0.1) is 0 Å². The summed E-state index contributed by atoms with van der Waals surface area (Å²) in [6.45, 7) is 0. The highest BCUT2D eigenvalue weighted by molar-refractivity contribution is 5.70. The third kappa shape index (κ3) is 21.9. The summed E-state index contributed by atoms with van der Waals surface area (Å²) in [5, 5.41) is 0. The van der Waals surface area contributed by atoms with Crippen LogP contribution in [0.3, 0.4) is 0 Å². The number of carbonyl (C=O) groups excluding carboxylic acids is 4. The summed E-state index contributed by atoms with van der Waals surface area (Å²) in [7, 11) is 5.52. The van der Waals surface area contributed by atoms with Crippen molar-refractivity contribution in [2.24, 2.45) is 0 Å². The fourth-order valence-corrected chi connectivity index (χ4v) is 2.19. The van der Waals surface area contributed by atoms with E-state index in [9.17, 15) is 19.2 Å². The minimum atomic E-state index is -0.236. The Labute approximate surface area is 168 Å². The van der Waals surface area contributed by atoms with Crippen molar-refractivity contribution in [3.63, 3.8) is 0 Å². The summed E-state index contributed by atoms with van der Waals surface area (Å²) in [5.74, 6) is -0.740. The number of rotatable bonds is 14. The zero-order valence-corrected chi connectivity index (χ0v) is 17.8. The van der Waals surface area contributed by atoms with Crippen LogP contribution in [0.15, 0.2) is 0 Å². The maximum atomic E-state index is 10.8. The number of unbranched alkanes of at least 4 members (excludes halogenated alkanes) is 6. The van der Waals surface area contributed by atoms with Gasteiger partial charge in [-0.05, 0) is 25.7 Å².